The van der Waals surface area contributed by atoms with Crippen LogP contribution in [-0.2, 0) is 0 Å². The lowest BCUT2D eigenvalue weighted by Crippen LogP contribution is -2.12. The summed E-state index contributed by atoms with van der Waals surface area (Å²) in [5.74, 6) is 0.941. The van der Waals surface area contributed by atoms with Crippen LogP contribution in [0.3, 0.4) is 0 Å². The molecule has 0 fully saturated rings. The number of rotatable bonds is 6. The fraction of sp³-hybridized carbons (Fsp3) is 0.0769. The number of amides is 2. The first-order chi connectivity index (χ1) is 17.4. The van der Waals surface area contributed by atoms with Crippen LogP contribution in [0.2, 0.25) is 10.3 Å². The van der Waals surface area contributed by atoms with Crippen LogP contribution in [0.1, 0.15) is 20.7 Å². The van der Waals surface area contributed by atoms with Crippen LogP contribution in [0, 0.1) is 0 Å². The number of benzene rings is 2. The van der Waals surface area contributed by atoms with Crippen molar-refractivity contribution in [2.45, 2.75) is 0 Å². The van der Waals surface area contributed by atoms with E-state index < -0.39 is 0 Å². The molecule has 2 heterocycles. The van der Waals surface area contributed by atoms with E-state index in [1.807, 2.05) is 0 Å². The predicted molar refractivity (Wildman–Crippen MR) is 140 cm³/mol. The monoisotopic (exact) mass is 524 g/mol. The fourth-order valence-electron chi connectivity index (χ4n) is 2.82. The molecule has 4 rings (SSSR count). The number of ether oxygens (including phenoxy) is 2. The van der Waals surface area contributed by atoms with Crippen molar-refractivity contribution in [1.29, 1.82) is 0 Å². The van der Waals surface area contributed by atoms with Gasteiger partial charge in [0.2, 0.25) is 0 Å². The van der Waals surface area contributed by atoms with Crippen molar-refractivity contribution < 1.29 is 19.1 Å². The molecule has 2 amide bonds. The topological polar surface area (TPSA) is 102 Å². The maximum absolute atomic E-state index is 11.9. The molecule has 0 aliphatic heterocycles. The number of nitrogens with one attached hydrogen (secondary N) is 2. The second-order valence-electron chi connectivity index (χ2n) is 7.08. The lowest BCUT2D eigenvalue weighted by Gasteiger charge is -2.06. The summed E-state index contributed by atoms with van der Waals surface area (Å²) in [6, 6.07) is 20.6. The summed E-state index contributed by atoms with van der Waals surface area (Å²) in [7, 11) is 3.18. The second kappa shape index (κ2) is 13.1. The van der Waals surface area contributed by atoms with Gasteiger partial charge < -0.3 is 20.1 Å². The molecule has 0 saturated carbocycles. The lowest BCUT2D eigenvalue weighted by molar-refractivity contribution is 0.101. The molecule has 36 heavy (non-hydrogen) atoms. The third-order valence-corrected chi connectivity index (χ3v) is 5.21. The number of aromatic nitrogens is 2. The highest BCUT2D eigenvalue weighted by molar-refractivity contribution is 6.33. The van der Waals surface area contributed by atoms with Crippen molar-refractivity contribution in [3.8, 4) is 11.5 Å². The number of pyridine rings is 2. The Labute approximate surface area is 218 Å². The molecule has 0 aliphatic rings. The third kappa shape index (κ3) is 7.69. The zero-order chi connectivity index (χ0) is 25.9. The number of carbonyl (C=O) groups is 2. The van der Waals surface area contributed by atoms with E-state index in [1.165, 1.54) is 12.4 Å². The van der Waals surface area contributed by atoms with Crippen LogP contribution in [0.15, 0.2) is 85.2 Å². The first-order valence-electron chi connectivity index (χ1n) is 10.5. The molecule has 184 valence electrons. The molecule has 0 saturated heterocycles. The van der Waals surface area contributed by atoms with E-state index in [2.05, 4.69) is 20.6 Å². The van der Waals surface area contributed by atoms with E-state index in [0.29, 0.717) is 27.7 Å². The summed E-state index contributed by atoms with van der Waals surface area (Å²) in [6.45, 7) is 0. The van der Waals surface area contributed by atoms with Crippen LogP contribution < -0.4 is 20.1 Å². The van der Waals surface area contributed by atoms with Gasteiger partial charge in [0, 0.05) is 23.8 Å². The highest BCUT2D eigenvalue weighted by Gasteiger charge is 2.10. The van der Waals surface area contributed by atoms with E-state index >= 15 is 0 Å². The van der Waals surface area contributed by atoms with Gasteiger partial charge in [0.15, 0.2) is 0 Å². The molecule has 0 spiro atoms. The Morgan fingerprint density at radius 1 is 0.722 bits per heavy atom. The Bertz CT molecular complexity index is 1300. The zero-order valence-corrected chi connectivity index (χ0v) is 20.9. The Hall–Kier alpha value is -4.14. The maximum atomic E-state index is 11.9. The van der Waals surface area contributed by atoms with Crippen LogP contribution in [0.25, 0.3) is 0 Å². The largest absolute Gasteiger partial charge is 0.497 e. The van der Waals surface area contributed by atoms with Gasteiger partial charge in [-0.2, -0.15) is 0 Å². The van der Waals surface area contributed by atoms with E-state index in [0.717, 1.165) is 11.5 Å². The highest BCUT2D eigenvalue weighted by Crippen LogP contribution is 2.18. The van der Waals surface area contributed by atoms with Gasteiger partial charge in [0.25, 0.3) is 11.8 Å². The molecule has 2 N–H and O–H groups in total. The Morgan fingerprint density at radius 3 is 1.75 bits per heavy atom. The van der Waals surface area contributed by atoms with Crippen LogP contribution in [0.5, 0.6) is 11.5 Å². The summed E-state index contributed by atoms with van der Waals surface area (Å²) in [5.41, 5.74) is 2.15. The molecule has 0 aliphatic carbocycles. The van der Waals surface area contributed by atoms with E-state index in [-0.39, 0.29) is 17.0 Å². The molecule has 2 aromatic carbocycles. The van der Waals surface area contributed by atoms with Crippen molar-refractivity contribution >= 4 is 46.4 Å². The van der Waals surface area contributed by atoms with E-state index in [4.69, 9.17) is 32.7 Å². The lowest BCUT2D eigenvalue weighted by atomic mass is 10.2. The minimum absolute atomic E-state index is 0.184. The van der Waals surface area contributed by atoms with Crippen molar-refractivity contribution in [2.24, 2.45) is 0 Å². The smallest absolute Gasteiger partial charge is 0.258 e. The molecule has 8 nitrogen and oxygen atoms in total. The molecular weight excluding hydrogens is 503 g/mol. The fourth-order valence-corrected chi connectivity index (χ4v) is 3.13. The minimum atomic E-state index is -0.293. The van der Waals surface area contributed by atoms with Gasteiger partial charge in [0.1, 0.15) is 21.8 Å². The number of halogens is 2. The van der Waals surface area contributed by atoms with Gasteiger partial charge in [-0.3, -0.25) is 9.59 Å². The van der Waals surface area contributed by atoms with Crippen LogP contribution in [0.4, 0.5) is 11.4 Å². The Kier molecular flexibility index (Phi) is 9.62. The first kappa shape index (κ1) is 26.5. The summed E-state index contributed by atoms with van der Waals surface area (Å²) in [4.78, 5) is 31.5. The molecule has 10 heteroatoms. The molecule has 0 bridgehead atoms. The van der Waals surface area contributed by atoms with Gasteiger partial charge in [0.05, 0.1) is 25.3 Å². The normalized spacial score (nSPS) is 9.89. The molecule has 2 aromatic heterocycles. The van der Waals surface area contributed by atoms with Crippen molar-refractivity contribution in [3.63, 3.8) is 0 Å². The summed E-state index contributed by atoms with van der Waals surface area (Å²) in [5, 5.41) is 6.02. The van der Waals surface area contributed by atoms with Gasteiger partial charge in [-0.15, -0.1) is 0 Å². The van der Waals surface area contributed by atoms with Gasteiger partial charge in [-0.25, -0.2) is 9.97 Å². The predicted octanol–water partition coefficient (Wildman–Crippen LogP) is 5.99. The van der Waals surface area contributed by atoms with Crippen molar-refractivity contribution in [1.82, 2.24) is 9.97 Å². The maximum Gasteiger partial charge on any atom is 0.258 e. The average Bonchev–Trinajstić information content (AvgIpc) is 2.90. The summed E-state index contributed by atoms with van der Waals surface area (Å²) >= 11 is 11.5. The number of carbonyl (C=O) groups excluding carboxylic acids is 2. The quantitative estimate of drug-likeness (QED) is 0.300. The Morgan fingerprint density at radius 2 is 1.28 bits per heavy atom. The number of methoxy groups -OCH3 is 2. The number of nitrogens with zero attached hydrogens (tertiary/aromatic N) is 2. The van der Waals surface area contributed by atoms with Crippen molar-refractivity contribution in [3.05, 3.63) is 107 Å². The molecule has 0 atom stereocenters. The standard InChI is InChI=1S/2C13H11ClN2O2/c1-18-11-5-3-10(4-6-11)16-13(17)9-2-7-12(14)15-8-9;1-18-10-6-4-9(5-7-10)16-13(17)11-3-2-8-15-12(11)14/h2*2-8H,1H3,(H,16,17). The first-order valence-corrected chi connectivity index (χ1v) is 11.3. The highest BCUT2D eigenvalue weighted by atomic mass is 35.5. The van der Waals surface area contributed by atoms with E-state index in [1.54, 1.807) is 87.0 Å². The molecular formula is C26H22Cl2N4O4. The summed E-state index contributed by atoms with van der Waals surface area (Å²) in [6.07, 6.45) is 2.97. The Balaban J connectivity index is 0.000000201. The molecule has 0 radical (unpaired) electrons. The SMILES string of the molecule is COc1ccc(NC(=O)c2ccc(Cl)nc2)cc1.COc1ccc(NC(=O)c2cccnc2Cl)cc1. The van der Waals surface area contributed by atoms with Gasteiger partial charge in [-0.05, 0) is 72.8 Å². The van der Waals surface area contributed by atoms with Crippen molar-refractivity contribution in [2.75, 3.05) is 24.9 Å². The van der Waals surface area contributed by atoms with Gasteiger partial charge >= 0.3 is 0 Å². The number of hydrogen-bond donors (Lipinski definition) is 2. The van der Waals surface area contributed by atoms with Crippen LogP contribution in [-0.4, -0.2) is 36.0 Å². The van der Waals surface area contributed by atoms with E-state index in [9.17, 15) is 9.59 Å². The molecule has 4 aromatic rings. The summed E-state index contributed by atoms with van der Waals surface area (Å²) < 4.78 is 10.1. The number of hydrogen-bond acceptors (Lipinski definition) is 6. The average molecular weight is 525 g/mol. The van der Waals surface area contributed by atoms with Gasteiger partial charge in [-0.1, -0.05) is 23.2 Å². The minimum Gasteiger partial charge on any atom is -0.497 e. The second-order valence-corrected chi connectivity index (χ2v) is 7.82. The zero-order valence-electron chi connectivity index (χ0n) is 19.4. The third-order valence-electron chi connectivity index (χ3n) is 4.69. The van der Waals surface area contributed by atoms with Crippen LogP contribution >= 0.6 is 23.2 Å². The molecule has 0 unspecified atom stereocenters. The number of anilines is 2.